The maximum atomic E-state index is 12.1. The molecule has 1 rings (SSSR count). The molecule has 1 aromatic rings. The first-order valence-corrected chi connectivity index (χ1v) is 8.62. The molecule has 1 aromatic heterocycles. The van der Waals surface area contributed by atoms with Crippen LogP contribution in [0.25, 0.3) is 0 Å². The van der Waals surface area contributed by atoms with Crippen molar-refractivity contribution in [2.45, 2.75) is 38.6 Å². The van der Waals surface area contributed by atoms with Crippen molar-refractivity contribution in [2.24, 2.45) is 0 Å². The Bertz CT molecular complexity index is 464. The molecule has 0 saturated heterocycles. The molecule has 1 heterocycles. The molecule has 1 N–H and O–H groups in total. The second-order valence-corrected chi connectivity index (χ2v) is 6.76. The van der Waals surface area contributed by atoms with E-state index in [1.165, 1.54) is 0 Å². The average Bonchev–Trinajstić information content (AvgIpc) is 2.44. The van der Waals surface area contributed by atoms with Crippen LogP contribution in [-0.2, 0) is 16.4 Å². The Labute approximate surface area is 120 Å². The predicted octanol–water partition coefficient (Wildman–Crippen LogP) is 2.34. The van der Waals surface area contributed by atoms with Crippen molar-refractivity contribution >= 4 is 21.6 Å². The first kappa shape index (κ1) is 16.4. The molecule has 0 amide bonds. The number of halogens is 1. The lowest BCUT2D eigenvalue weighted by atomic mass is 9.97. The van der Waals surface area contributed by atoms with Crippen molar-refractivity contribution in [1.29, 1.82) is 0 Å². The fraction of sp³-hybridized carbons (Fsp3) is 0.615. The van der Waals surface area contributed by atoms with Gasteiger partial charge in [-0.2, -0.15) is 0 Å². The van der Waals surface area contributed by atoms with E-state index < -0.39 is 15.6 Å². The molecular weight excluding hydrogens is 284 g/mol. The van der Waals surface area contributed by atoms with Crippen molar-refractivity contribution in [3.63, 3.8) is 0 Å². The van der Waals surface area contributed by atoms with Gasteiger partial charge in [-0.25, -0.2) is 13.1 Å². The summed E-state index contributed by atoms with van der Waals surface area (Å²) in [6, 6.07) is 3.65. The van der Waals surface area contributed by atoms with E-state index in [9.17, 15) is 8.42 Å². The monoisotopic (exact) mass is 304 g/mol. The average molecular weight is 305 g/mol. The molecule has 0 radical (unpaired) electrons. The van der Waals surface area contributed by atoms with Crippen molar-refractivity contribution in [1.82, 2.24) is 9.71 Å². The summed E-state index contributed by atoms with van der Waals surface area (Å²) >= 11 is 5.91. The molecule has 0 spiro atoms. The lowest BCUT2D eigenvalue weighted by Crippen LogP contribution is -2.50. The largest absolute Gasteiger partial charge is 0.265 e. The molecule has 0 aromatic carbocycles. The van der Waals surface area contributed by atoms with Gasteiger partial charge in [0.15, 0.2) is 0 Å². The molecule has 19 heavy (non-hydrogen) atoms. The van der Waals surface area contributed by atoms with E-state index >= 15 is 0 Å². The highest BCUT2D eigenvalue weighted by molar-refractivity contribution is 7.89. The minimum absolute atomic E-state index is 0.0651. The van der Waals surface area contributed by atoms with E-state index in [0.29, 0.717) is 19.3 Å². The molecule has 0 fully saturated rings. The molecule has 0 bridgehead atoms. The number of alkyl halides is 1. The molecule has 0 atom stereocenters. The van der Waals surface area contributed by atoms with Crippen LogP contribution in [0.3, 0.4) is 0 Å². The third-order valence-electron chi connectivity index (χ3n) is 3.39. The summed E-state index contributed by atoms with van der Waals surface area (Å²) in [4.78, 5) is 3.91. The number of rotatable bonds is 8. The number of aromatic nitrogens is 1. The van der Waals surface area contributed by atoms with Gasteiger partial charge >= 0.3 is 0 Å². The number of hydrogen-bond donors (Lipinski definition) is 1. The van der Waals surface area contributed by atoms with Gasteiger partial charge in [-0.15, -0.1) is 11.6 Å². The van der Waals surface area contributed by atoms with Crippen LogP contribution in [0.5, 0.6) is 0 Å². The van der Waals surface area contributed by atoms with E-state index in [2.05, 4.69) is 9.71 Å². The standard InChI is InChI=1S/C13H21ClN2O2S/c1-3-13(4-2,11-14)16-19(17,18)10-7-12-5-8-15-9-6-12/h5-6,8-9,16H,3-4,7,10-11H2,1-2H3. The first-order chi connectivity index (χ1) is 8.97. The maximum absolute atomic E-state index is 12.1. The fourth-order valence-electron chi connectivity index (χ4n) is 1.79. The van der Waals surface area contributed by atoms with Gasteiger partial charge in [0.05, 0.1) is 5.75 Å². The number of hydrogen-bond acceptors (Lipinski definition) is 3. The second kappa shape index (κ2) is 7.22. The molecule has 0 unspecified atom stereocenters. The normalized spacial score (nSPS) is 12.6. The zero-order valence-electron chi connectivity index (χ0n) is 11.4. The minimum Gasteiger partial charge on any atom is -0.265 e. The van der Waals surface area contributed by atoms with Crippen molar-refractivity contribution < 1.29 is 8.42 Å². The smallest absolute Gasteiger partial charge is 0.212 e. The zero-order chi connectivity index (χ0) is 14.4. The van der Waals surface area contributed by atoms with E-state index in [-0.39, 0.29) is 11.6 Å². The van der Waals surface area contributed by atoms with E-state index in [4.69, 9.17) is 11.6 Å². The van der Waals surface area contributed by atoms with Crippen molar-refractivity contribution in [3.05, 3.63) is 30.1 Å². The fourth-order valence-corrected chi connectivity index (χ4v) is 3.94. The SMILES string of the molecule is CCC(CC)(CCl)NS(=O)(=O)CCc1ccncc1. The van der Waals surface area contributed by atoms with Crippen LogP contribution in [0.15, 0.2) is 24.5 Å². The Hall–Kier alpha value is -0.650. The number of sulfonamides is 1. The highest BCUT2D eigenvalue weighted by Crippen LogP contribution is 2.18. The van der Waals surface area contributed by atoms with Crippen molar-refractivity contribution in [3.8, 4) is 0 Å². The Morgan fingerprint density at radius 1 is 1.26 bits per heavy atom. The van der Waals surface area contributed by atoms with Crippen LogP contribution in [-0.4, -0.2) is 30.6 Å². The van der Waals surface area contributed by atoms with Gasteiger partial charge < -0.3 is 0 Å². The van der Waals surface area contributed by atoms with Crippen LogP contribution in [0, 0.1) is 0 Å². The minimum atomic E-state index is -3.33. The number of pyridine rings is 1. The van der Waals surface area contributed by atoms with E-state index in [0.717, 1.165) is 5.56 Å². The quantitative estimate of drug-likeness (QED) is 0.750. The lowest BCUT2D eigenvalue weighted by Gasteiger charge is -2.30. The summed E-state index contributed by atoms with van der Waals surface area (Å²) in [7, 11) is -3.33. The third-order valence-corrected chi connectivity index (χ3v) is 5.39. The zero-order valence-corrected chi connectivity index (χ0v) is 13.0. The molecule has 6 heteroatoms. The van der Waals surface area contributed by atoms with Crippen LogP contribution in [0.2, 0.25) is 0 Å². The van der Waals surface area contributed by atoms with Gasteiger partial charge in [0.1, 0.15) is 0 Å². The number of nitrogens with one attached hydrogen (secondary N) is 1. The van der Waals surface area contributed by atoms with Gasteiger partial charge in [-0.05, 0) is 37.0 Å². The van der Waals surface area contributed by atoms with Crippen LogP contribution >= 0.6 is 11.6 Å². The topological polar surface area (TPSA) is 59.1 Å². The first-order valence-electron chi connectivity index (χ1n) is 6.43. The highest BCUT2D eigenvalue weighted by atomic mass is 35.5. The summed E-state index contributed by atoms with van der Waals surface area (Å²) in [6.07, 6.45) is 5.17. The Kier molecular flexibility index (Phi) is 6.23. The summed E-state index contributed by atoms with van der Waals surface area (Å²) in [6.45, 7) is 3.88. The summed E-state index contributed by atoms with van der Waals surface area (Å²) < 4.78 is 27.0. The van der Waals surface area contributed by atoms with Gasteiger partial charge in [-0.3, -0.25) is 4.98 Å². The Morgan fingerprint density at radius 2 is 1.84 bits per heavy atom. The molecular formula is C13H21ClN2O2S. The molecule has 108 valence electrons. The lowest BCUT2D eigenvalue weighted by molar-refractivity contribution is 0.394. The third kappa shape index (κ3) is 5.09. The summed E-state index contributed by atoms with van der Waals surface area (Å²) in [5, 5.41) is 0. The molecule has 0 aliphatic carbocycles. The second-order valence-electron chi connectivity index (χ2n) is 4.65. The van der Waals surface area contributed by atoms with E-state index in [1.54, 1.807) is 12.4 Å². The van der Waals surface area contributed by atoms with Gasteiger partial charge in [0.2, 0.25) is 10.0 Å². The molecule has 0 aliphatic heterocycles. The van der Waals surface area contributed by atoms with E-state index in [1.807, 2.05) is 26.0 Å². The van der Waals surface area contributed by atoms with Gasteiger partial charge in [-0.1, -0.05) is 13.8 Å². The molecule has 0 aliphatic rings. The van der Waals surface area contributed by atoms with Gasteiger partial charge in [0, 0.05) is 23.8 Å². The molecule has 4 nitrogen and oxygen atoms in total. The van der Waals surface area contributed by atoms with Crippen LogP contribution in [0.1, 0.15) is 32.3 Å². The number of aryl methyl sites for hydroxylation is 1. The summed E-state index contributed by atoms with van der Waals surface area (Å²) in [5.74, 6) is 0.351. The predicted molar refractivity (Wildman–Crippen MR) is 78.9 cm³/mol. The van der Waals surface area contributed by atoms with Crippen LogP contribution in [0.4, 0.5) is 0 Å². The Balaban J connectivity index is 2.66. The van der Waals surface area contributed by atoms with Gasteiger partial charge in [0.25, 0.3) is 0 Å². The summed E-state index contributed by atoms with van der Waals surface area (Å²) in [5.41, 5.74) is 0.434. The van der Waals surface area contributed by atoms with Crippen LogP contribution < -0.4 is 4.72 Å². The molecule has 0 saturated carbocycles. The maximum Gasteiger partial charge on any atom is 0.212 e. The Morgan fingerprint density at radius 3 is 2.32 bits per heavy atom. The number of nitrogens with zero attached hydrogens (tertiary/aromatic N) is 1. The highest BCUT2D eigenvalue weighted by Gasteiger charge is 2.30. The van der Waals surface area contributed by atoms with Crippen molar-refractivity contribution in [2.75, 3.05) is 11.6 Å².